The molecule has 2 rings (SSSR count). The van der Waals surface area contributed by atoms with Crippen LogP contribution in [0.1, 0.15) is 24.2 Å². The second-order valence-corrected chi connectivity index (χ2v) is 2.91. The van der Waals surface area contributed by atoms with E-state index in [-0.39, 0.29) is 5.92 Å². The van der Waals surface area contributed by atoms with E-state index < -0.39 is 0 Å². The first kappa shape index (κ1) is 8.48. The molecule has 0 bridgehead atoms. The normalized spacial score (nSPS) is 11.0. The van der Waals surface area contributed by atoms with Gasteiger partial charge in [0.05, 0.1) is 5.92 Å². The van der Waals surface area contributed by atoms with Crippen molar-refractivity contribution in [3.63, 3.8) is 0 Å². The summed E-state index contributed by atoms with van der Waals surface area (Å²) in [5.41, 5.74) is 12.4. The van der Waals surface area contributed by atoms with Crippen LogP contribution >= 0.6 is 0 Å². The zero-order valence-electron chi connectivity index (χ0n) is 7.52. The zero-order valence-corrected chi connectivity index (χ0v) is 7.52. The Morgan fingerprint density at radius 2 is 1.36 bits per heavy atom. The van der Waals surface area contributed by atoms with E-state index in [1.807, 2.05) is 6.92 Å². The maximum absolute atomic E-state index is 5.59. The standard InChI is InChI=1S/C6H10N8/c1-2(3-5(7)11-13-9-3)4-6(8)12-14-10-4/h2H,1H3,(H3,7,9,11,13)(H3,8,10,12,14). The van der Waals surface area contributed by atoms with E-state index in [0.717, 1.165) is 0 Å². The lowest BCUT2D eigenvalue weighted by molar-refractivity contribution is 0.802. The van der Waals surface area contributed by atoms with Crippen molar-refractivity contribution >= 4 is 11.6 Å². The first-order valence-electron chi connectivity index (χ1n) is 4.02. The fourth-order valence-corrected chi connectivity index (χ4v) is 1.26. The molecule has 0 atom stereocenters. The van der Waals surface area contributed by atoms with Crippen LogP contribution in [-0.2, 0) is 0 Å². The van der Waals surface area contributed by atoms with Crippen LogP contribution in [0.2, 0.25) is 0 Å². The Labute approximate surface area is 79.1 Å². The van der Waals surface area contributed by atoms with Crippen molar-refractivity contribution in [2.75, 3.05) is 11.5 Å². The number of nitrogen functional groups attached to an aromatic ring is 2. The highest BCUT2D eigenvalue weighted by Crippen LogP contribution is 2.25. The maximum Gasteiger partial charge on any atom is 0.169 e. The van der Waals surface area contributed by atoms with Crippen LogP contribution in [0.5, 0.6) is 0 Å². The SMILES string of the molecule is CC(c1n[nH]nc1N)c1n[nH]nc1N. The van der Waals surface area contributed by atoms with Gasteiger partial charge in [-0.2, -0.15) is 20.6 Å². The van der Waals surface area contributed by atoms with Gasteiger partial charge >= 0.3 is 0 Å². The molecule has 0 aliphatic carbocycles. The summed E-state index contributed by atoms with van der Waals surface area (Å²) < 4.78 is 0. The number of aromatic nitrogens is 6. The lowest BCUT2D eigenvalue weighted by Gasteiger charge is -2.04. The maximum atomic E-state index is 5.59. The van der Waals surface area contributed by atoms with Crippen molar-refractivity contribution < 1.29 is 0 Å². The van der Waals surface area contributed by atoms with Gasteiger partial charge in [0, 0.05) is 0 Å². The third kappa shape index (κ3) is 1.16. The fraction of sp³-hybridized carbons (Fsp3) is 0.333. The number of rotatable bonds is 2. The number of hydrogen-bond donors (Lipinski definition) is 4. The number of anilines is 2. The van der Waals surface area contributed by atoms with Crippen LogP contribution in [0.15, 0.2) is 0 Å². The van der Waals surface area contributed by atoms with E-state index in [9.17, 15) is 0 Å². The summed E-state index contributed by atoms with van der Waals surface area (Å²) in [5, 5.41) is 20.1. The van der Waals surface area contributed by atoms with Gasteiger partial charge in [0.1, 0.15) is 11.4 Å². The van der Waals surface area contributed by atoms with Crippen molar-refractivity contribution in [1.29, 1.82) is 0 Å². The second-order valence-electron chi connectivity index (χ2n) is 2.91. The summed E-state index contributed by atoms with van der Waals surface area (Å²) in [7, 11) is 0. The smallest absolute Gasteiger partial charge is 0.169 e. The van der Waals surface area contributed by atoms with Gasteiger partial charge in [0.2, 0.25) is 0 Å². The van der Waals surface area contributed by atoms with E-state index in [2.05, 4.69) is 30.8 Å². The Kier molecular flexibility index (Phi) is 1.80. The Balaban J connectivity index is 2.38. The van der Waals surface area contributed by atoms with Gasteiger partial charge in [-0.1, -0.05) is 6.92 Å². The number of nitrogens with zero attached hydrogens (tertiary/aromatic N) is 4. The Bertz CT molecular complexity index is 388. The molecule has 0 aliphatic rings. The van der Waals surface area contributed by atoms with Gasteiger partial charge in [-0.25, -0.2) is 0 Å². The molecule has 2 aromatic heterocycles. The number of hydrogen-bond acceptors (Lipinski definition) is 6. The average Bonchev–Trinajstić information content (AvgIpc) is 2.73. The molecule has 0 radical (unpaired) electrons. The Hall–Kier alpha value is -2.12. The van der Waals surface area contributed by atoms with Crippen LogP contribution in [0.4, 0.5) is 11.6 Å². The quantitative estimate of drug-likeness (QED) is 0.496. The van der Waals surface area contributed by atoms with Crippen LogP contribution in [0.25, 0.3) is 0 Å². The number of nitrogens with one attached hydrogen (secondary N) is 2. The first-order valence-corrected chi connectivity index (χ1v) is 4.02. The summed E-state index contributed by atoms with van der Waals surface area (Å²) in [4.78, 5) is 0. The lowest BCUT2D eigenvalue weighted by atomic mass is 10.0. The van der Waals surface area contributed by atoms with Crippen LogP contribution in [0, 0.1) is 0 Å². The molecule has 0 fully saturated rings. The molecule has 0 unspecified atom stereocenters. The highest BCUT2D eigenvalue weighted by atomic mass is 15.4. The third-order valence-corrected chi connectivity index (χ3v) is 2.03. The molecular formula is C6H10N8. The summed E-state index contributed by atoms with van der Waals surface area (Å²) in [6.07, 6.45) is 0. The number of H-pyrrole nitrogens is 2. The molecule has 0 saturated heterocycles. The molecule has 74 valence electrons. The van der Waals surface area contributed by atoms with Crippen molar-refractivity contribution in [3.8, 4) is 0 Å². The minimum Gasteiger partial charge on any atom is -0.381 e. The fourth-order valence-electron chi connectivity index (χ4n) is 1.26. The van der Waals surface area contributed by atoms with Crippen molar-refractivity contribution in [2.45, 2.75) is 12.8 Å². The molecule has 2 heterocycles. The molecule has 0 saturated carbocycles. The predicted octanol–water partition coefficient (Wildman–Crippen LogP) is -0.761. The van der Waals surface area contributed by atoms with E-state index in [4.69, 9.17) is 11.5 Å². The van der Waals surface area contributed by atoms with Crippen LogP contribution in [-0.4, -0.2) is 30.8 Å². The van der Waals surface area contributed by atoms with Crippen LogP contribution in [0.3, 0.4) is 0 Å². The highest BCUT2D eigenvalue weighted by molar-refractivity contribution is 5.44. The van der Waals surface area contributed by atoms with E-state index in [1.54, 1.807) is 0 Å². The van der Waals surface area contributed by atoms with Crippen LogP contribution < -0.4 is 11.5 Å². The topological polar surface area (TPSA) is 135 Å². The molecule has 8 heteroatoms. The van der Waals surface area contributed by atoms with E-state index >= 15 is 0 Å². The molecule has 2 aromatic rings. The molecule has 8 nitrogen and oxygen atoms in total. The monoisotopic (exact) mass is 194 g/mol. The van der Waals surface area contributed by atoms with Gasteiger partial charge in [0.25, 0.3) is 0 Å². The van der Waals surface area contributed by atoms with Crippen molar-refractivity contribution in [2.24, 2.45) is 0 Å². The Morgan fingerprint density at radius 1 is 0.929 bits per heavy atom. The first-order chi connectivity index (χ1) is 6.70. The molecular weight excluding hydrogens is 184 g/mol. The number of aromatic amines is 2. The molecule has 0 aromatic carbocycles. The molecule has 0 spiro atoms. The van der Waals surface area contributed by atoms with E-state index in [0.29, 0.717) is 23.0 Å². The van der Waals surface area contributed by atoms with Crippen molar-refractivity contribution in [3.05, 3.63) is 11.4 Å². The molecule has 14 heavy (non-hydrogen) atoms. The largest absolute Gasteiger partial charge is 0.381 e. The summed E-state index contributed by atoms with van der Waals surface area (Å²) in [6.45, 7) is 1.88. The van der Waals surface area contributed by atoms with Gasteiger partial charge in [-0.3, -0.25) is 0 Å². The second kappa shape index (κ2) is 2.98. The predicted molar refractivity (Wildman–Crippen MR) is 49.1 cm³/mol. The van der Waals surface area contributed by atoms with Crippen molar-refractivity contribution in [1.82, 2.24) is 30.8 Å². The molecule has 0 amide bonds. The number of nitrogens with two attached hydrogens (primary N) is 2. The minimum absolute atomic E-state index is 0.132. The lowest BCUT2D eigenvalue weighted by Crippen LogP contribution is -2.04. The average molecular weight is 194 g/mol. The summed E-state index contributed by atoms with van der Waals surface area (Å²) in [6, 6.07) is 0. The summed E-state index contributed by atoms with van der Waals surface area (Å²) in [5.74, 6) is 0.562. The zero-order chi connectivity index (χ0) is 10.1. The highest BCUT2D eigenvalue weighted by Gasteiger charge is 2.20. The van der Waals surface area contributed by atoms with Gasteiger partial charge in [-0.05, 0) is 0 Å². The molecule has 6 N–H and O–H groups in total. The van der Waals surface area contributed by atoms with Gasteiger partial charge < -0.3 is 11.5 Å². The Morgan fingerprint density at radius 3 is 1.64 bits per heavy atom. The van der Waals surface area contributed by atoms with Gasteiger partial charge in [-0.15, -0.1) is 10.2 Å². The van der Waals surface area contributed by atoms with Gasteiger partial charge in [0.15, 0.2) is 11.6 Å². The van der Waals surface area contributed by atoms with E-state index in [1.165, 1.54) is 0 Å². The minimum atomic E-state index is -0.132. The summed E-state index contributed by atoms with van der Waals surface area (Å²) >= 11 is 0. The molecule has 0 aliphatic heterocycles. The third-order valence-electron chi connectivity index (χ3n) is 2.03.